The second-order valence-electron chi connectivity index (χ2n) is 7.06. The highest BCUT2D eigenvalue weighted by Crippen LogP contribution is 2.11. The highest BCUT2D eigenvalue weighted by molar-refractivity contribution is 5.86. The van der Waals surface area contributed by atoms with Crippen molar-refractivity contribution in [2.45, 2.75) is 58.3 Å². The molecule has 0 aliphatic rings. The van der Waals surface area contributed by atoms with Gasteiger partial charge in [0, 0.05) is 7.05 Å². The molecule has 24 heavy (non-hydrogen) atoms. The summed E-state index contributed by atoms with van der Waals surface area (Å²) in [5.74, 6) is -0.904. The fourth-order valence-electron chi connectivity index (χ4n) is 2.88. The summed E-state index contributed by atoms with van der Waals surface area (Å²) >= 11 is 0. The van der Waals surface area contributed by atoms with Crippen LogP contribution in [0.1, 0.15) is 58.3 Å². The fraction of sp³-hybridized carbons (Fsp3) is 0.789. The summed E-state index contributed by atoms with van der Waals surface area (Å²) in [5.41, 5.74) is 0. The fourth-order valence-corrected chi connectivity index (χ4v) is 2.88. The van der Waals surface area contributed by atoms with Gasteiger partial charge in [-0.1, -0.05) is 52.0 Å². The Balaban J connectivity index is 4.17. The Bertz CT molecular complexity index is 385. The van der Waals surface area contributed by atoms with Crippen LogP contribution in [0.15, 0.2) is 12.7 Å². The minimum atomic E-state index is -0.783. The van der Waals surface area contributed by atoms with Crippen molar-refractivity contribution in [1.29, 1.82) is 0 Å². The Labute approximate surface area is 147 Å². The number of rotatable bonds is 15. The monoisotopic (exact) mass is 341 g/mol. The zero-order chi connectivity index (χ0) is 18.4. The van der Waals surface area contributed by atoms with Crippen LogP contribution in [0.2, 0.25) is 0 Å². The number of nitrogens with zero attached hydrogens (tertiary/aromatic N) is 2. The number of aliphatic carboxylic acids is 1. The van der Waals surface area contributed by atoms with Gasteiger partial charge >= 0.3 is 5.97 Å². The maximum atomic E-state index is 11.5. The Morgan fingerprint density at radius 3 is 2.08 bits per heavy atom. The summed E-state index contributed by atoms with van der Waals surface area (Å²) < 4.78 is 0.472. The summed E-state index contributed by atoms with van der Waals surface area (Å²) in [7, 11) is 3.70. The van der Waals surface area contributed by atoms with Crippen LogP contribution in [0.4, 0.5) is 0 Å². The molecule has 1 amide bonds. The van der Waals surface area contributed by atoms with Crippen molar-refractivity contribution < 1.29 is 19.2 Å². The molecule has 1 unspecified atom stereocenters. The van der Waals surface area contributed by atoms with Crippen LogP contribution < -0.4 is 0 Å². The summed E-state index contributed by atoms with van der Waals surface area (Å²) in [6.45, 7) is 7.85. The predicted molar refractivity (Wildman–Crippen MR) is 98.9 cm³/mol. The molecule has 0 aromatic heterocycles. The molecule has 0 fully saturated rings. The van der Waals surface area contributed by atoms with E-state index in [9.17, 15) is 14.7 Å². The summed E-state index contributed by atoms with van der Waals surface area (Å²) in [6, 6.07) is 0. The van der Waals surface area contributed by atoms with Gasteiger partial charge in [-0.15, -0.1) is 0 Å². The van der Waals surface area contributed by atoms with E-state index in [1.165, 1.54) is 44.6 Å². The average Bonchev–Trinajstić information content (AvgIpc) is 2.53. The number of carbonyl (C=O) groups is 2. The van der Waals surface area contributed by atoms with Gasteiger partial charge in [-0.2, -0.15) is 0 Å². The number of carboxylic acid groups (broad SMARTS) is 1. The number of likely N-dealkylation sites (N-methyl/N-ethyl adjacent to an activating group) is 2. The van der Waals surface area contributed by atoms with E-state index in [1.54, 1.807) is 11.9 Å². The van der Waals surface area contributed by atoms with Crippen molar-refractivity contribution in [3.8, 4) is 0 Å². The first-order valence-corrected chi connectivity index (χ1v) is 9.27. The first kappa shape index (κ1) is 22.6. The number of carboxylic acids is 1. The first-order chi connectivity index (χ1) is 11.3. The number of amides is 1. The average molecular weight is 342 g/mol. The molecular weight excluding hydrogens is 304 g/mol. The Morgan fingerprint density at radius 1 is 1.04 bits per heavy atom. The van der Waals surface area contributed by atoms with Gasteiger partial charge in [-0.05, 0) is 18.9 Å². The van der Waals surface area contributed by atoms with Crippen LogP contribution in [0, 0.1) is 0 Å². The largest absolute Gasteiger partial charge is 0.477 e. The topological polar surface area (TPSA) is 57.6 Å². The van der Waals surface area contributed by atoms with E-state index < -0.39 is 5.97 Å². The molecule has 0 spiro atoms. The molecule has 0 aromatic rings. The molecule has 0 saturated heterocycles. The van der Waals surface area contributed by atoms with Crippen LogP contribution in [0.5, 0.6) is 0 Å². The summed E-state index contributed by atoms with van der Waals surface area (Å²) in [5, 5.41) is 9.18. The molecule has 0 aliphatic heterocycles. The van der Waals surface area contributed by atoms with E-state index in [-0.39, 0.29) is 12.5 Å². The standard InChI is InChI=1S/C19H36N2O3/c1-5-7-8-9-10-11-12-13-15-21(4,17-19(23)24)16-14-20(3)18(22)6-2/h6H,2,5,7-17H2,1,3-4H3/p+1. The molecular formula is C19H37N2O3+. The molecule has 5 nitrogen and oxygen atoms in total. The van der Waals surface area contributed by atoms with Gasteiger partial charge in [0.2, 0.25) is 5.91 Å². The number of unbranched alkanes of at least 4 members (excludes halogenated alkanes) is 7. The minimum absolute atomic E-state index is 0.104. The van der Waals surface area contributed by atoms with E-state index in [0.717, 1.165) is 19.4 Å². The van der Waals surface area contributed by atoms with Gasteiger partial charge < -0.3 is 14.5 Å². The van der Waals surface area contributed by atoms with Crippen molar-refractivity contribution in [3.63, 3.8) is 0 Å². The first-order valence-electron chi connectivity index (χ1n) is 9.27. The molecule has 0 rings (SSSR count). The lowest BCUT2D eigenvalue weighted by Gasteiger charge is -2.34. The molecule has 140 valence electrons. The van der Waals surface area contributed by atoms with Gasteiger partial charge in [-0.3, -0.25) is 4.79 Å². The quantitative estimate of drug-likeness (QED) is 0.282. The Hall–Kier alpha value is -1.36. The van der Waals surface area contributed by atoms with Crippen molar-refractivity contribution in [2.75, 3.05) is 40.3 Å². The highest BCUT2D eigenvalue weighted by Gasteiger charge is 2.25. The maximum Gasteiger partial charge on any atom is 0.359 e. The molecule has 0 saturated carbocycles. The number of hydrogen-bond donors (Lipinski definition) is 1. The number of hydrogen-bond acceptors (Lipinski definition) is 2. The van der Waals surface area contributed by atoms with Gasteiger partial charge in [0.25, 0.3) is 0 Å². The lowest BCUT2D eigenvalue weighted by Crippen LogP contribution is -2.52. The van der Waals surface area contributed by atoms with Gasteiger partial charge in [0.15, 0.2) is 6.54 Å². The number of carbonyl (C=O) groups excluding carboxylic acids is 1. The van der Waals surface area contributed by atoms with Gasteiger partial charge in [-0.25, -0.2) is 4.79 Å². The molecule has 0 bridgehead atoms. The second kappa shape index (κ2) is 13.0. The van der Waals surface area contributed by atoms with Crippen LogP contribution in [-0.2, 0) is 9.59 Å². The second-order valence-corrected chi connectivity index (χ2v) is 7.06. The molecule has 1 N–H and O–H groups in total. The van der Waals surface area contributed by atoms with Gasteiger partial charge in [0.1, 0.15) is 0 Å². The third-order valence-electron chi connectivity index (χ3n) is 4.59. The van der Waals surface area contributed by atoms with Gasteiger partial charge in [0.05, 0.1) is 26.7 Å². The third-order valence-corrected chi connectivity index (χ3v) is 4.59. The SMILES string of the molecule is C=CC(=O)N(C)CC[N+](C)(CCCCCCCCCC)CC(=O)O. The maximum absolute atomic E-state index is 11.5. The molecule has 0 heterocycles. The van der Waals surface area contributed by atoms with Crippen molar-refractivity contribution in [1.82, 2.24) is 4.90 Å². The zero-order valence-electron chi connectivity index (χ0n) is 15.9. The third kappa shape index (κ3) is 11.2. The lowest BCUT2D eigenvalue weighted by molar-refractivity contribution is -0.902. The van der Waals surface area contributed by atoms with Crippen molar-refractivity contribution in [3.05, 3.63) is 12.7 Å². The predicted octanol–water partition coefficient (Wildman–Crippen LogP) is 3.30. The lowest BCUT2D eigenvalue weighted by atomic mass is 10.1. The van der Waals surface area contributed by atoms with E-state index in [2.05, 4.69) is 13.5 Å². The summed E-state index contributed by atoms with van der Waals surface area (Å²) in [4.78, 5) is 24.3. The van der Waals surface area contributed by atoms with E-state index >= 15 is 0 Å². The smallest absolute Gasteiger partial charge is 0.359 e. The Kier molecular flexibility index (Phi) is 12.3. The normalized spacial score (nSPS) is 13.3. The number of quaternary nitrogens is 1. The van der Waals surface area contributed by atoms with Crippen LogP contribution in [0.3, 0.4) is 0 Å². The summed E-state index contributed by atoms with van der Waals surface area (Å²) in [6.07, 6.45) is 11.2. The minimum Gasteiger partial charge on any atom is -0.477 e. The molecule has 0 aliphatic carbocycles. The van der Waals surface area contributed by atoms with E-state index in [4.69, 9.17) is 0 Å². The molecule has 5 heteroatoms. The highest BCUT2D eigenvalue weighted by atomic mass is 16.4. The molecule has 0 radical (unpaired) electrons. The van der Waals surface area contributed by atoms with E-state index in [1.807, 2.05) is 7.05 Å². The van der Waals surface area contributed by atoms with E-state index in [0.29, 0.717) is 17.6 Å². The zero-order valence-corrected chi connectivity index (χ0v) is 15.9. The van der Waals surface area contributed by atoms with Crippen LogP contribution in [0.25, 0.3) is 0 Å². The van der Waals surface area contributed by atoms with Crippen molar-refractivity contribution in [2.24, 2.45) is 0 Å². The molecule has 0 aromatic carbocycles. The van der Waals surface area contributed by atoms with Crippen LogP contribution >= 0.6 is 0 Å². The Morgan fingerprint density at radius 2 is 1.58 bits per heavy atom. The van der Waals surface area contributed by atoms with Crippen molar-refractivity contribution >= 4 is 11.9 Å². The van der Waals surface area contributed by atoms with Crippen LogP contribution in [-0.4, -0.2) is 66.6 Å². The molecule has 1 atom stereocenters.